The fourth-order valence-corrected chi connectivity index (χ4v) is 2.75. The van der Waals surface area contributed by atoms with Crippen molar-refractivity contribution in [1.29, 1.82) is 5.41 Å². The number of thioether (sulfide) groups is 1. The van der Waals surface area contributed by atoms with Crippen molar-refractivity contribution in [2.24, 2.45) is 5.73 Å². The van der Waals surface area contributed by atoms with E-state index in [1.54, 1.807) is 19.1 Å². The van der Waals surface area contributed by atoms with Crippen molar-refractivity contribution < 1.29 is 9.50 Å². The molecule has 1 atom stereocenters. The van der Waals surface area contributed by atoms with Crippen molar-refractivity contribution in [2.45, 2.75) is 18.7 Å². The fraction of sp³-hybridized carbons (Fsp3) is 0.200. The summed E-state index contributed by atoms with van der Waals surface area (Å²) >= 11 is 1.02. The molecule has 1 aromatic carbocycles. The molecule has 0 aliphatic rings. The summed E-state index contributed by atoms with van der Waals surface area (Å²) in [5.74, 6) is -0.714. The highest BCUT2D eigenvalue weighted by atomic mass is 32.2. The lowest BCUT2D eigenvalue weighted by molar-refractivity contribution is 0.462. The molecule has 5 N–H and O–H groups in total. The Labute approximate surface area is 130 Å². The number of benzene rings is 1. The third kappa shape index (κ3) is 3.75. The first-order valence-electron chi connectivity index (χ1n) is 6.55. The third-order valence-electron chi connectivity index (χ3n) is 3.11. The predicted molar refractivity (Wildman–Crippen MR) is 86.0 cm³/mol. The van der Waals surface area contributed by atoms with Crippen molar-refractivity contribution in [1.82, 2.24) is 4.98 Å². The van der Waals surface area contributed by atoms with Gasteiger partial charge in [-0.15, -0.1) is 0 Å². The minimum absolute atomic E-state index is 0.0221. The maximum Gasteiger partial charge on any atom is 0.233 e. The second-order valence-electron chi connectivity index (χ2n) is 4.82. The molecule has 116 valence electrons. The van der Waals surface area contributed by atoms with E-state index in [2.05, 4.69) is 4.98 Å². The Kier molecular flexibility index (Phi) is 4.99. The van der Waals surface area contributed by atoms with Gasteiger partial charge in [-0.3, -0.25) is 10.2 Å². The van der Waals surface area contributed by atoms with E-state index in [0.29, 0.717) is 12.1 Å². The van der Waals surface area contributed by atoms with Crippen LogP contribution in [-0.2, 0) is 6.42 Å². The minimum atomic E-state index is -0.595. The Morgan fingerprint density at radius 2 is 2.09 bits per heavy atom. The Balaban J connectivity index is 2.07. The SMILES string of the molecule is Cc1[nH]cc(C(=N)SC(N)Cc2ccc(F)cc2)c(=O)c1O. The van der Waals surface area contributed by atoms with Crippen LogP contribution < -0.4 is 11.2 Å². The molecule has 1 heterocycles. The fourth-order valence-electron chi connectivity index (χ4n) is 1.89. The number of hydrogen-bond donors (Lipinski definition) is 4. The Morgan fingerprint density at radius 3 is 2.73 bits per heavy atom. The average molecular weight is 321 g/mol. The van der Waals surface area contributed by atoms with Gasteiger partial charge in [0.15, 0.2) is 5.75 Å². The number of aromatic amines is 1. The molecule has 0 saturated heterocycles. The van der Waals surface area contributed by atoms with E-state index < -0.39 is 16.6 Å². The van der Waals surface area contributed by atoms with Crippen molar-refractivity contribution >= 4 is 16.8 Å². The van der Waals surface area contributed by atoms with Gasteiger partial charge in [0.25, 0.3) is 0 Å². The molecule has 0 fully saturated rings. The molecule has 0 aliphatic carbocycles. The van der Waals surface area contributed by atoms with E-state index in [1.807, 2.05) is 0 Å². The standard InChI is InChI=1S/C15H16FN3O2S/c1-8-13(20)14(21)11(7-19-8)15(18)22-12(17)6-9-2-4-10(16)5-3-9/h2-5,7,12,18,20H,6,17H2,1H3,(H,19,21). The number of pyridine rings is 1. The van der Waals surface area contributed by atoms with Gasteiger partial charge in [0.05, 0.1) is 16.6 Å². The number of nitrogens with two attached hydrogens (primary N) is 1. The van der Waals surface area contributed by atoms with E-state index in [0.717, 1.165) is 17.3 Å². The number of hydrogen-bond acceptors (Lipinski definition) is 5. The lowest BCUT2D eigenvalue weighted by atomic mass is 10.1. The minimum Gasteiger partial charge on any atom is -0.503 e. The van der Waals surface area contributed by atoms with Gasteiger partial charge in [-0.2, -0.15) is 0 Å². The van der Waals surface area contributed by atoms with Crippen molar-refractivity contribution in [2.75, 3.05) is 0 Å². The summed E-state index contributed by atoms with van der Waals surface area (Å²) < 4.78 is 12.8. The quantitative estimate of drug-likeness (QED) is 0.393. The van der Waals surface area contributed by atoms with E-state index in [-0.39, 0.29) is 16.4 Å². The van der Waals surface area contributed by atoms with Crippen LogP contribution in [0.2, 0.25) is 0 Å². The average Bonchev–Trinajstić information content (AvgIpc) is 2.47. The Morgan fingerprint density at radius 1 is 1.45 bits per heavy atom. The maximum atomic E-state index is 12.8. The van der Waals surface area contributed by atoms with Crippen LogP contribution in [0.15, 0.2) is 35.3 Å². The zero-order chi connectivity index (χ0) is 16.3. The molecule has 2 aromatic rings. The van der Waals surface area contributed by atoms with E-state index >= 15 is 0 Å². The number of H-pyrrole nitrogens is 1. The summed E-state index contributed by atoms with van der Waals surface area (Å²) in [5, 5.41) is 17.1. The molecule has 0 bridgehead atoms. The predicted octanol–water partition coefficient (Wildman–Crippen LogP) is 2.11. The Bertz CT molecular complexity index is 743. The molecule has 0 spiro atoms. The zero-order valence-corrected chi connectivity index (χ0v) is 12.7. The van der Waals surface area contributed by atoms with Gasteiger partial charge in [-0.1, -0.05) is 23.9 Å². The van der Waals surface area contributed by atoms with Crippen molar-refractivity contribution in [3.63, 3.8) is 0 Å². The van der Waals surface area contributed by atoms with Crippen LogP contribution in [0.1, 0.15) is 16.8 Å². The van der Waals surface area contributed by atoms with E-state index in [4.69, 9.17) is 11.1 Å². The topological polar surface area (TPSA) is 103 Å². The van der Waals surface area contributed by atoms with Crippen LogP contribution in [-0.4, -0.2) is 20.5 Å². The first-order chi connectivity index (χ1) is 10.4. The lowest BCUT2D eigenvalue weighted by Crippen LogP contribution is -2.23. The van der Waals surface area contributed by atoms with Gasteiger partial charge in [0.2, 0.25) is 5.43 Å². The largest absolute Gasteiger partial charge is 0.503 e. The first-order valence-corrected chi connectivity index (χ1v) is 7.43. The molecule has 0 aliphatic heterocycles. The summed E-state index contributed by atoms with van der Waals surface area (Å²) in [6.07, 6.45) is 1.82. The number of aryl methyl sites for hydroxylation is 1. The highest BCUT2D eigenvalue weighted by Gasteiger charge is 2.15. The van der Waals surface area contributed by atoms with E-state index in [1.165, 1.54) is 18.3 Å². The summed E-state index contributed by atoms with van der Waals surface area (Å²) in [7, 11) is 0. The van der Waals surface area contributed by atoms with Gasteiger partial charge < -0.3 is 15.8 Å². The smallest absolute Gasteiger partial charge is 0.233 e. The zero-order valence-electron chi connectivity index (χ0n) is 11.9. The van der Waals surface area contributed by atoms with Crippen LogP contribution in [0.5, 0.6) is 5.75 Å². The van der Waals surface area contributed by atoms with Gasteiger partial charge in [0, 0.05) is 6.20 Å². The molecule has 7 heteroatoms. The number of aromatic hydroxyl groups is 1. The maximum absolute atomic E-state index is 12.8. The molecule has 5 nitrogen and oxygen atoms in total. The normalized spacial score (nSPS) is 12.1. The third-order valence-corrected chi connectivity index (χ3v) is 4.04. The van der Waals surface area contributed by atoms with E-state index in [9.17, 15) is 14.3 Å². The summed E-state index contributed by atoms with van der Waals surface area (Å²) in [4.78, 5) is 14.6. The van der Waals surface area contributed by atoms with Gasteiger partial charge >= 0.3 is 0 Å². The summed E-state index contributed by atoms with van der Waals surface area (Å²) in [6.45, 7) is 1.57. The molecular weight excluding hydrogens is 305 g/mol. The molecule has 1 unspecified atom stereocenters. The summed E-state index contributed by atoms with van der Waals surface area (Å²) in [6, 6.07) is 5.95. The summed E-state index contributed by atoms with van der Waals surface area (Å²) in [5.41, 5.74) is 6.62. The first kappa shape index (κ1) is 16.3. The van der Waals surface area contributed by atoms with Crippen molar-refractivity contribution in [3.8, 4) is 5.75 Å². The molecule has 0 amide bonds. The molecule has 22 heavy (non-hydrogen) atoms. The Hall–Kier alpha value is -2.12. The molecule has 2 rings (SSSR count). The number of aromatic nitrogens is 1. The lowest BCUT2D eigenvalue weighted by Gasteiger charge is -2.12. The molecule has 1 aromatic heterocycles. The van der Waals surface area contributed by atoms with Crippen LogP contribution in [0, 0.1) is 18.2 Å². The highest BCUT2D eigenvalue weighted by molar-refractivity contribution is 8.14. The number of nitrogens with one attached hydrogen (secondary N) is 2. The van der Waals surface area contributed by atoms with Gasteiger partial charge in [-0.05, 0) is 31.0 Å². The van der Waals surface area contributed by atoms with Crippen LogP contribution in [0.3, 0.4) is 0 Å². The van der Waals surface area contributed by atoms with Gasteiger partial charge in [0.1, 0.15) is 10.9 Å². The molecular formula is C15H16FN3O2S. The van der Waals surface area contributed by atoms with Crippen molar-refractivity contribution in [3.05, 3.63) is 63.3 Å². The van der Waals surface area contributed by atoms with Crippen LogP contribution in [0.25, 0.3) is 0 Å². The van der Waals surface area contributed by atoms with Crippen LogP contribution in [0.4, 0.5) is 4.39 Å². The number of rotatable bonds is 4. The molecule has 0 radical (unpaired) electrons. The highest BCUT2D eigenvalue weighted by Crippen LogP contribution is 2.18. The van der Waals surface area contributed by atoms with Crippen LogP contribution >= 0.6 is 11.8 Å². The van der Waals surface area contributed by atoms with Gasteiger partial charge in [-0.25, -0.2) is 4.39 Å². The second-order valence-corrected chi connectivity index (χ2v) is 6.07. The number of halogens is 1. The molecule has 0 saturated carbocycles. The monoisotopic (exact) mass is 321 g/mol. The second kappa shape index (κ2) is 6.76.